The fraction of sp³-hybridized carbons (Fsp3) is 0.214. The van der Waals surface area contributed by atoms with Gasteiger partial charge in [0.25, 0.3) is 0 Å². The highest BCUT2D eigenvalue weighted by atomic mass is 32.2. The number of oxazole rings is 1. The number of benzene rings is 1. The van der Waals surface area contributed by atoms with E-state index in [1.165, 1.54) is 40.4 Å². The van der Waals surface area contributed by atoms with Gasteiger partial charge in [-0.15, -0.1) is 0 Å². The van der Waals surface area contributed by atoms with Gasteiger partial charge in [-0.1, -0.05) is 0 Å². The van der Waals surface area contributed by atoms with E-state index in [-0.39, 0.29) is 18.0 Å². The summed E-state index contributed by atoms with van der Waals surface area (Å²) in [6.45, 7) is 0.448. The third-order valence-electron chi connectivity index (χ3n) is 3.95. The second-order valence-electron chi connectivity index (χ2n) is 5.32. The Morgan fingerprint density at radius 3 is 2.87 bits per heavy atom. The number of hydrogen-bond acceptors (Lipinski definition) is 6. The van der Waals surface area contributed by atoms with E-state index in [1.54, 1.807) is 6.20 Å². The van der Waals surface area contributed by atoms with Gasteiger partial charge in [0.2, 0.25) is 10.0 Å². The monoisotopic (exact) mass is 332 g/mol. The molecule has 0 radical (unpaired) electrons. The van der Waals surface area contributed by atoms with Crippen LogP contribution < -0.4 is 5.76 Å². The summed E-state index contributed by atoms with van der Waals surface area (Å²) in [5, 5.41) is 0. The van der Waals surface area contributed by atoms with Gasteiger partial charge in [0.15, 0.2) is 5.58 Å². The zero-order valence-corrected chi connectivity index (χ0v) is 12.9. The summed E-state index contributed by atoms with van der Waals surface area (Å²) in [6.07, 6.45) is 3.03. The third kappa shape index (κ3) is 2.08. The Kier molecular flexibility index (Phi) is 2.90. The average Bonchev–Trinajstić information content (AvgIpc) is 3.09. The van der Waals surface area contributed by atoms with Crippen LogP contribution in [0.15, 0.2) is 44.8 Å². The van der Waals surface area contributed by atoms with Crippen molar-refractivity contribution in [3.05, 3.63) is 52.5 Å². The molecule has 0 saturated carbocycles. The van der Waals surface area contributed by atoms with Crippen molar-refractivity contribution in [2.75, 3.05) is 0 Å². The van der Waals surface area contributed by atoms with Gasteiger partial charge in [-0.3, -0.25) is 4.57 Å². The van der Waals surface area contributed by atoms with Crippen LogP contribution in [0.5, 0.6) is 0 Å². The molecule has 0 N–H and O–H groups in total. The number of hydrogen-bond donors (Lipinski definition) is 0. The normalized spacial score (nSPS) is 15.2. The summed E-state index contributed by atoms with van der Waals surface area (Å²) >= 11 is 0. The van der Waals surface area contributed by atoms with Gasteiger partial charge in [0, 0.05) is 25.4 Å². The Morgan fingerprint density at radius 1 is 1.26 bits per heavy atom. The highest BCUT2D eigenvalue weighted by Crippen LogP contribution is 2.28. The minimum Gasteiger partial charge on any atom is -0.408 e. The Hall–Kier alpha value is -2.52. The summed E-state index contributed by atoms with van der Waals surface area (Å²) in [5.41, 5.74) is 2.30. The summed E-state index contributed by atoms with van der Waals surface area (Å²) in [7, 11) is -2.16. The van der Waals surface area contributed by atoms with Gasteiger partial charge in [0.1, 0.15) is 6.33 Å². The highest BCUT2D eigenvalue weighted by molar-refractivity contribution is 7.89. The Balaban J connectivity index is 1.78. The lowest BCUT2D eigenvalue weighted by Gasteiger charge is -2.15. The topological polar surface area (TPSA) is 98.3 Å². The van der Waals surface area contributed by atoms with E-state index in [0.29, 0.717) is 16.8 Å². The zero-order chi connectivity index (χ0) is 16.2. The lowest BCUT2D eigenvalue weighted by atomic mass is 10.3. The van der Waals surface area contributed by atoms with Crippen molar-refractivity contribution in [1.29, 1.82) is 0 Å². The van der Waals surface area contributed by atoms with Crippen molar-refractivity contribution in [3.8, 4) is 0 Å². The standard InChI is InChI=1S/C14H12N4O4S/c1-17-12-4-10(2-3-13(12)22-14(17)19)23(20,21)18-6-9-5-15-8-16-11(9)7-18/h2-5,8H,6-7H2,1H3. The molecule has 1 aliphatic rings. The number of aryl methyl sites for hydroxylation is 1. The summed E-state index contributed by atoms with van der Waals surface area (Å²) in [4.78, 5) is 19.7. The number of fused-ring (bicyclic) bond motifs is 2. The van der Waals surface area contributed by atoms with Crippen LogP contribution in [0.4, 0.5) is 0 Å². The third-order valence-corrected chi connectivity index (χ3v) is 5.74. The van der Waals surface area contributed by atoms with Crippen LogP contribution in [0, 0.1) is 0 Å². The first-order valence-corrected chi connectivity index (χ1v) is 8.28. The smallest absolute Gasteiger partial charge is 0.408 e. The first-order valence-electron chi connectivity index (χ1n) is 6.84. The molecule has 4 rings (SSSR count). The largest absolute Gasteiger partial charge is 0.419 e. The predicted molar refractivity (Wildman–Crippen MR) is 79.9 cm³/mol. The molecule has 9 heteroatoms. The minimum atomic E-state index is -3.70. The summed E-state index contributed by atoms with van der Waals surface area (Å²) in [5.74, 6) is -0.529. The summed E-state index contributed by atoms with van der Waals surface area (Å²) in [6, 6.07) is 4.38. The van der Waals surface area contributed by atoms with Crippen LogP contribution >= 0.6 is 0 Å². The molecule has 0 bridgehead atoms. The lowest BCUT2D eigenvalue weighted by Crippen LogP contribution is -2.25. The molecule has 0 fully saturated rings. The molecule has 0 spiro atoms. The molecular formula is C14H12N4O4S. The second-order valence-corrected chi connectivity index (χ2v) is 7.26. The fourth-order valence-electron chi connectivity index (χ4n) is 2.66. The van der Waals surface area contributed by atoms with Crippen LogP contribution in [0.1, 0.15) is 11.3 Å². The van der Waals surface area contributed by atoms with Crippen LogP contribution in [-0.2, 0) is 30.2 Å². The molecule has 3 aromatic rings. The minimum absolute atomic E-state index is 0.113. The van der Waals surface area contributed by atoms with Crippen LogP contribution in [0.3, 0.4) is 0 Å². The molecule has 0 amide bonds. The van der Waals surface area contributed by atoms with Gasteiger partial charge in [0.05, 0.1) is 22.7 Å². The first-order chi connectivity index (χ1) is 11.0. The second kappa shape index (κ2) is 4.74. The SMILES string of the molecule is Cn1c(=O)oc2ccc(S(=O)(=O)N3Cc4cncnc4C3)cc21. The Bertz CT molecular complexity index is 1060. The van der Waals surface area contributed by atoms with Crippen molar-refractivity contribution in [2.45, 2.75) is 18.0 Å². The van der Waals surface area contributed by atoms with Crippen molar-refractivity contribution >= 4 is 21.1 Å². The quantitative estimate of drug-likeness (QED) is 0.682. The van der Waals surface area contributed by atoms with Gasteiger partial charge in [-0.25, -0.2) is 23.2 Å². The van der Waals surface area contributed by atoms with Gasteiger partial charge >= 0.3 is 5.76 Å². The van der Waals surface area contributed by atoms with Crippen molar-refractivity contribution < 1.29 is 12.8 Å². The lowest BCUT2D eigenvalue weighted by molar-refractivity contribution is 0.430. The molecule has 2 aromatic heterocycles. The van der Waals surface area contributed by atoms with Crippen molar-refractivity contribution in [3.63, 3.8) is 0 Å². The van der Waals surface area contributed by atoms with Gasteiger partial charge in [-0.05, 0) is 18.2 Å². The molecule has 118 valence electrons. The van der Waals surface area contributed by atoms with E-state index in [4.69, 9.17) is 4.42 Å². The molecular weight excluding hydrogens is 320 g/mol. The molecule has 23 heavy (non-hydrogen) atoms. The highest BCUT2D eigenvalue weighted by Gasteiger charge is 2.31. The fourth-order valence-corrected chi connectivity index (χ4v) is 4.06. The molecule has 3 heterocycles. The molecule has 0 aliphatic carbocycles. The number of nitrogens with zero attached hydrogens (tertiary/aromatic N) is 4. The average molecular weight is 332 g/mol. The maximum absolute atomic E-state index is 12.8. The van der Waals surface area contributed by atoms with Crippen LogP contribution in [-0.4, -0.2) is 27.3 Å². The maximum atomic E-state index is 12.8. The van der Waals surface area contributed by atoms with E-state index in [1.807, 2.05) is 0 Å². The molecule has 0 unspecified atom stereocenters. The molecule has 1 aromatic carbocycles. The molecule has 1 aliphatic heterocycles. The zero-order valence-electron chi connectivity index (χ0n) is 12.1. The van der Waals surface area contributed by atoms with Gasteiger partial charge < -0.3 is 4.42 Å². The molecule has 0 atom stereocenters. The van der Waals surface area contributed by atoms with Crippen LogP contribution in [0.25, 0.3) is 11.1 Å². The Morgan fingerprint density at radius 2 is 2.09 bits per heavy atom. The summed E-state index contributed by atoms with van der Waals surface area (Å²) < 4.78 is 33.3. The first kappa shape index (κ1) is 14.1. The number of sulfonamides is 1. The maximum Gasteiger partial charge on any atom is 0.419 e. The Labute approximate surface area is 131 Å². The molecule has 8 nitrogen and oxygen atoms in total. The van der Waals surface area contributed by atoms with Crippen molar-refractivity contribution in [1.82, 2.24) is 18.8 Å². The molecule has 0 saturated heterocycles. The number of rotatable bonds is 2. The van der Waals surface area contributed by atoms with Crippen LogP contribution in [0.2, 0.25) is 0 Å². The van der Waals surface area contributed by atoms with E-state index in [0.717, 1.165) is 5.56 Å². The van der Waals surface area contributed by atoms with E-state index >= 15 is 0 Å². The number of aromatic nitrogens is 3. The van der Waals surface area contributed by atoms with Crippen molar-refractivity contribution in [2.24, 2.45) is 7.05 Å². The van der Waals surface area contributed by atoms with E-state index in [9.17, 15) is 13.2 Å². The van der Waals surface area contributed by atoms with Gasteiger partial charge in [-0.2, -0.15) is 4.31 Å². The van der Waals surface area contributed by atoms with E-state index < -0.39 is 15.8 Å². The predicted octanol–water partition coefficient (Wildman–Crippen LogP) is 0.626. The van der Waals surface area contributed by atoms with E-state index in [2.05, 4.69) is 9.97 Å².